The van der Waals surface area contributed by atoms with E-state index in [-0.39, 0.29) is 5.75 Å². The van der Waals surface area contributed by atoms with Gasteiger partial charge in [0.2, 0.25) is 0 Å². The minimum atomic E-state index is -0.466. The Kier molecular flexibility index (Phi) is 2.87. The number of nitrogens with zero attached hydrogens (tertiary/aromatic N) is 2. The van der Waals surface area contributed by atoms with Crippen LogP contribution in [0.5, 0.6) is 5.75 Å². The second-order valence-corrected chi connectivity index (χ2v) is 5.22. The van der Waals surface area contributed by atoms with Crippen LogP contribution in [0.4, 0.5) is 0 Å². The van der Waals surface area contributed by atoms with Crippen molar-refractivity contribution in [2.75, 3.05) is 0 Å². The van der Waals surface area contributed by atoms with E-state index in [1.165, 1.54) is 0 Å². The minimum absolute atomic E-state index is 0.220. The van der Waals surface area contributed by atoms with Gasteiger partial charge in [-0.3, -0.25) is 0 Å². The van der Waals surface area contributed by atoms with Gasteiger partial charge in [-0.2, -0.15) is 0 Å². The molecule has 1 aromatic heterocycles. The molecule has 0 radical (unpaired) electrons. The Labute approximate surface area is 113 Å². The average molecular weight is 309 g/mol. The molecule has 3 rings (SSSR count). The Balaban J connectivity index is 2.16. The molecule has 4 nitrogen and oxygen atoms in total. The van der Waals surface area contributed by atoms with E-state index < -0.39 is 6.10 Å². The number of rotatable bonds is 1. The van der Waals surface area contributed by atoms with Crippen LogP contribution in [0.1, 0.15) is 24.6 Å². The number of phenolic OH excluding ortho intramolecular Hbond substituents is 1. The maximum Gasteiger partial charge on any atom is 0.141 e. The van der Waals surface area contributed by atoms with Gasteiger partial charge in [0.15, 0.2) is 0 Å². The molecule has 1 aliphatic rings. The second-order valence-electron chi connectivity index (χ2n) is 4.47. The normalized spacial score (nSPS) is 18.7. The van der Waals surface area contributed by atoms with Gasteiger partial charge in [-0.1, -0.05) is 12.1 Å². The molecular formula is C13H13BrN2O2. The predicted molar refractivity (Wildman–Crippen MR) is 71.2 cm³/mol. The van der Waals surface area contributed by atoms with E-state index in [1.54, 1.807) is 18.2 Å². The van der Waals surface area contributed by atoms with Crippen LogP contribution in [0.15, 0.2) is 28.9 Å². The molecule has 0 spiro atoms. The third-order valence-corrected chi connectivity index (χ3v) is 3.82. The lowest BCUT2D eigenvalue weighted by Gasteiger charge is -2.21. The van der Waals surface area contributed by atoms with Crippen LogP contribution in [-0.4, -0.2) is 19.8 Å². The first-order chi connectivity index (χ1) is 8.66. The average Bonchev–Trinajstić information content (AvgIpc) is 2.68. The first kappa shape index (κ1) is 11.7. The zero-order chi connectivity index (χ0) is 12.7. The standard InChI is InChI=1S/C13H13BrN2O2/c14-12-11-10(18)5-2-6-16(11)13(15-12)8-3-1-4-9(17)7-8/h1,3-4,7,10,17-18H,2,5-6H2. The highest BCUT2D eigenvalue weighted by molar-refractivity contribution is 9.10. The van der Waals surface area contributed by atoms with Gasteiger partial charge in [-0.15, -0.1) is 0 Å². The lowest BCUT2D eigenvalue weighted by molar-refractivity contribution is 0.138. The van der Waals surface area contributed by atoms with Gasteiger partial charge in [0.05, 0.1) is 11.8 Å². The maximum atomic E-state index is 10.0. The molecule has 2 heterocycles. The number of imidazole rings is 1. The highest BCUT2D eigenvalue weighted by Crippen LogP contribution is 2.35. The van der Waals surface area contributed by atoms with E-state index in [1.807, 2.05) is 10.6 Å². The Bertz CT molecular complexity index is 595. The summed E-state index contributed by atoms with van der Waals surface area (Å²) in [6, 6.07) is 7.01. The van der Waals surface area contributed by atoms with E-state index in [4.69, 9.17) is 0 Å². The van der Waals surface area contributed by atoms with Crippen molar-refractivity contribution in [1.29, 1.82) is 0 Å². The van der Waals surface area contributed by atoms with E-state index in [2.05, 4.69) is 20.9 Å². The summed E-state index contributed by atoms with van der Waals surface area (Å²) >= 11 is 3.40. The van der Waals surface area contributed by atoms with Crippen molar-refractivity contribution in [3.63, 3.8) is 0 Å². The molecule has 0 fully saturated rings. The molecule has 1 unspecified atom stereocenters. The van der Waals surface area contributed by atoms with Gasteiger partial charge in [0, 0.05) is 12.1 Å². The quantitative estimate of drug-likeness (QED) is 0.851. The Morgan fingerprint density at radius 1 is 1.39 bits per heavy atom. The van der Waals surface area contributed by atoms with Crippen LogP contribution in [0.3, 0.4) is 0 Å². The molecule has 2 aromatic rings. The number of hydrogen-bond donors (Lipinski definition) is 2. The molecule has 1 aliphatic heterocycles. The molecular weight excluding hydrogens is 296 g/mol. The van der Waals surface area contributed by atoms with Crippen LogP contribution < -0.4 is 0 Å². The summed E-state index contributed by atoms with van der Waals surface area (Å²) in [6.07, 6.45) is 1.23. The first-order valence-electron chi connectivity index (χ1n) is 5.90. The van der Waals surface area contributed by atoms with Gasteiger partial charge in [0.1, 0.15) is 16.2 Å². The van der Waals surface area contributed by atoms with Crippen molar-refractivity contribution in [3.05, 3.63) is 34.6 Å². The third-order valence-electron chi connectivity index (χ3n) is 3.24. The predicted octanol–water partition coefficient (Wildman–Crippen LogP) is 2.85. The van der Waals surface area contributed by atoms with Crippen molar-refractivity contribution in [2.24, 2.45) is 0 Å². The van der Waals surface area contributed by atoms with Gasteiger partial charge in [-0.05, 0) is 40.9 Å². The van der Waals surface area contributed by atoms with Gasteiger partial charge in [-0.25, -0.2) is 4.98 Å². The van der Waals surface area contributed by atoms with Crippen LogP contribution >= 0.6 is 15.9 Å². The Morgan fingerprint density at radius 2 is 2.22 bits per heavy atom. The Morgan fingerprint density at radius 3 is 3.00 bits per heavy atom. The highest BCUT2D eigenvalue weighted by Gasteiger charge is 2.25. The first-order valence-corrected chi connectivity index (χ1v) is 6.69. The van der Waals surface area contributed by atoms with Crippen LogP contribution in [-0.2, 0) is 6.54 Å². The number of halogens is 1. The molecule has 1 aromatic carbocycles. The monoisotopic (exact) mass is 308 g/mol. The number of aliphatic hydroxyl groups excluding tert-OH is 1. The summed E-state index contributed by atoms with van der Waals surface area (Å²) in [5.41, 5.74) is 1.69. The van der Waals surface area contributed by atoms with Gasteiger partial charge >= 0.3 is 0 Å². The molecule has 0 saturated carbocycles. The summed E-state index contributed by atoms with van der Waals surface area (Å²) in [7, 11) is 0. The number of aliphatic hydroxyl groups is 1. The zero-order valence-electron chi connectivity index (χ0n) is 9.67. The van der Waals surface area contributed by atoms with Crippen LogP contribution in [0.2, 0.25) is 0 Å². The molecule has 1 atom stereocenters. The number of phenols is 1. The molecule has 94 valence electrons. The van der Waals surface area contributed by atoms with Crippen molar-refractivity contribution in [1.82, 2.24) is 9.55 Å². The molecule has 2 N–H and O–H groups in total. The third kappa shape index (κ3) is 1.83. The smallest absolute Gasteiger partial charge is 0.141 e. The summed E-state index contributed by atoms with van der Waals surface area (Å²) in [5, 5.41) is 19.6. The molecule has 0 aliphatic carbocycles. The zero-order valence-corrected chi connectivity index (χ0v) is 11.3. The lowest BCUT2D eigenvalue weighted by atomic mass is 10.1. The van der Waals surface area contributed by atoms with Gasteiger partial charge in [0.25, 0.3) is 0 Å². The highest BCUT2D eigenvalue weighted by atomic mass is 79.9. The lowest BCUT2D eigenvalue weighted by Crippen LogP contribution is -2.15. The van der Waals surface area contributed by atoms with Crippen LogP contribution in [0, 0.1) is 0 Å². The maximum absolute atomic E-state index is 10.0. The number of aromatic nitrogens is 2. The summed E-state index contributed by atoms with van der Waals surface area (Å²) in [5.74, 6) is 1.00. The molecule has 5 heteroatoms. The SMILES string of the molecule is Oc1cccc(-c2nc(Br)c3n2CCCC3O)c1. The van der Waals surface area contributed by atoms with E-state index in [0.717, 1.165) is 36.5 Å². The number of fused-ring (bicyclic) bond motifs is 1. The minimum Gasteiger partial charge on any atom is -0.508 e. The fourth-order valence-electron chi connectivity index (χ4n) is 2.42. The van der Waals surface area contributed by atoms with Crippen LogP contribution in [0.25, 0.3) is 11.4 Å². The second kappa shape index (κ2) is 4.40. The summed E-state index contributed by atoms with van der Waals surface area (Å²) < 4.78 is 2.71. The van der Waals surface area contributed by atoms with E-state index in [9.17, 15) is 10.2 Å². The van der Waals surface area contributed by atoms with Crippen molar-refractivity contribution >= 4 is 15.9 Å². The Hall–Kier alpha value is -1.33. The number of benzene rings is 1. The van der Waals surface area contributed by atoms with E-state index >= 15 is 0 Å². The fraction of sp³-hybridized carbons (Fsp3) is 0.308. The molecule has 0 saturated heterocycles. The number of hydrogen-bond acceptors (Lipinski definition) is 3. The molecule has 0 bridgehead atoms. The van der Waals surface area contributed by atoms with Crippen molar-refractivity contribution in [3.8, 4) is 17.1 Å². The fourth-order valence-corrected chi connectivity index (χ4v) is 3.07. The topological polar surface area (TPSA) is 58.3 Å². The number of aromatic hydroxyl groups is 1. The molecule has 0 amide bonds. The van der Waals surface area contributed by atoms with Crippen molar-refractivity contribution in [2.45, 2.75) is 25.5 Å². The van der Waals surface area contributed by atoms with Crippen molar-refractivity contribution < 1.29 is 10.2 Å². The largest absolute Gasteiger partial charge is 0.508 e. The van der Waals surface area contributed by atoms with E-state index in [0.29, 0.717) is 4.60 Å². The summed E-state index contributed by atoms with van der Waals surface area (Å²) in [6.45, 7) is 0.843. The molecule has 18 heavy (non-hydrogen) atoms. The summed E-state index contributed by atoms with van der Waals surface area (Å²) in [4.78, 5) is 4.46. The van der Waals surface area contributed by atoms with Gasteiger partial charge < -0.3 is 14.8 Å².